The highest BCUT2D eigenvalue weighted by Crippen LogP contribution is 1.84. The third-order valence-electron chi connectivity index (χ3n) is 1.11. The lowest BCUT2D eigenvalue weighted by molar-refractivity contribution is 1.22. The topological polar surface area (TPSA) is 32.9 Å². The van der Waals surface area contributed by atoms with Gasteiger partial charge in [0, 0.05) is 6.20 Å². The molecular weight excluding hydrogens is 162 g/mol. The first kappa shape index (κ1) is 7.90. The minimum Gasteiger partial charge on any atom is -0.328 e. The number of hydrogen-bond acceptors (Lipinski definition) is 1. The molecule has 0 radical (unpaired) electrons. The van der Waals surface area contributed by atoms with Crippen LogP contribution in [0.4, 0.5) is 0 Å². The maximum absolute atomic E-state index is 10.9. The number of alkyl halides is 1. The van der Waals surface area contributed by atoms with Gasteiger partial charge in [0.2, 0.25) is 0 Å². The van der Waals surface area contributed by atoms with E-state index in [1.165, 1.54) is 0 Å². The zero-order valence-electron chi connectivity index (χ0n) is 5.73. The molecule has 0 aromatic carbocycles. The molecule has 1 heterocycles. The number of nitrogens with one attached hydrogen (secondary N) is 1. The molecule has 1 aromatic rings. The molecule has 0 spiro atoms. The van der Waals surface area contributed by atoms with Gasteiger partial charge in [0.05, 0.1) is 11.4 Å². The summed E-state index contributed by atoms with van der Waals surface area (Å²) in [7, 11) is 0. The second-order valence-electron chi connectivity index (χ2n) is 1.85. The smallest absolute Gasteiger partial charge is 0.263 e. The highest BCUT2D eigenvalue weighted by atomic mass is 35.5. The third kappa shape index (κ3) is 2.14. The number of rotatable bonds is 0. The van der Waals surface area contributed by atoms with Crippen LogP contribution in [0.5, 0.6) is 0 Å². The van der Waals surface area contributed by atoms with E-state index < -0.39 is 0 Å². The number of pyridine rings is 1. The highest BCUT2D eigenvalue weighted by Gasteiger charge is 1.89. The Labute approximate surface area is 69.2 Å². The molecule has 0 unspecified atom stereocenters. The Bertz CT molecular complexity index is 345. The summed E-state index contributed by atoms with van der Waals surface area (Å²) >= 11 is 5.32. The van der Waals surface area contributed by atoms with Gasteiger partial charge in [-0.25, -0.2) is 0 Å². The summed E-state index contributed by atoms with van der Waals surface area (Å²) in [6, 6.07) is 3.37. The molecule has 3 heteroatoms. The van der Waals surface area contributed by atoms with Crippen molar-refractivity contribution in [1.29, 1.82) is 0 Å². The van der Waals surface area contributed by atoms with E-state index in [1.807, 2.05) is 0 Å². The highest BCUT2D eigenvalue weighted by molar-refractivity contribution is 6.19. The second kappa shape index (κ2) is 3.85. The average molecular weight is 168 g/mol. The van der Waals surface area contributed by atoms with Gasteiger partial charge in [-0.3, -0.25) is 4.79 Å². The Morgan fingerprint density at radius 2 is 2.45 bits per heavy atom. The zero-order chi connectivity index (χ0) is 8.10. The van der Waals surface area contributed by atoms with E-state index in [2.05, 4.69) is 16.8 Å². The van der Waals surface area contributed by atoms with Gasteiger partial charge < -0.3 is 4.98 Å². The summed E-state index contributed by atoms with van der Waals surface area (Å²) in [5.74, 6) is 5.48. The molecule has 0 fully saturated rings. The molecule has 0 amide bonds. The van der Waals surface area contributed by atoms with Crippen molar-refractivity contribution in [3.05, 3.63) is 34.2 Å². The van der Waals surface area contributed by atoms with Crippen LogP contribution in [0.2, 0.25) is 0 Å². The summed E-state index contributed by atoms with van der Waals surface area (Å²) in [6.07, 6.45) is 1.56. The fraction of sp³-hybridized carbons (Fsp3) is 0.125. The van der Waals surface area contributed by atoms with Crippen molar-refractivity contribution in [3.8, 4) is 11.8 Å². The first-order valence-corrected chi connectivity index (χ1v) is 3.60. The van der Waals surface area contributed by atoms with Gasteiger partial charge in [0.25, 0.3) is 5.56 Å². The number of hydrogen-bond donors (Lipinski definition) is 1. The van der Waals surface area contributed by atoms with Crippen molar-refractivity contribution in [3.63, 3.8) is 0 Å². The maximum Gasteiger partial charge on any atom is 0.263 e. The largest absolute Gasteiger partial charge is 0.328 e. The van der Waals surface area contributed by atoms with Crippen molar-refractivity contribution >= 4 is 11.6 Å². The molecule has 0 saturated carbocycles. The van der Waals surface area contributed by atoms with E-state index in [-0.39, 0.29) is 11.4 Å². The number of H-pyrrole nitrogens is 1. The fourth-order valence-electron chi connectivity index (χ4n) is 0.649. The molecule has 56 valence electrons. The maximum atomic E-state index is 10.9. The van der Waals surface area contributed by atoms with Crippen LogP contribution < -0.4 is 5.56 Å². The quantitative estimate of drug-likeness (QED) is 0.453. The van der Waals surface area contributed by atoms with Crippen LogP contribution >= 0.6 is 11.6 Å². The summed E-state index contributed by atoms with van der Waals surface area (Å²) < 4.78 is 0. The Hall–Kier alpha value is -1.20. The lowest BCUT2D eigenvalue weighted by Gasteiger charge is -1.84. The molecule has 11 heavy (non-hydrogen) atoms. The predicted molar refractivity (Wildman–Crippen MR) is 44.7 cm³/mol. The molecule has 0 bridgehead atoms. The van der Waals surface area contributed by atoms with Crippen LogP contribution in [0.1, 0.15) is 5.56 Å². The van der Waals surface area contributed by atoms with E-state index in [9.17, 15) is 4.79 Å². The molecule has 1 N–H and O–H groups in total. The first-order valence-electron chi connectivity index (χ1n) is 3.07. The van der Waals surface area contributed by atoms with Gasteiger partial charge in [-0.2, -0.15) is 0 Å². The van der Waals surface area contributed by atoms with E-state index in [1.54, 1.807) is 18.3 Å². The van der Waals surface area contributed by atoms with E-state index in [0.717, 1.165) is 0 Å². The molecule has 0 aliphatic heterocycles. The van der Waals surface area contributed by atoms with Crippen molar-refractivity contribution in [2.75, 3.05) is 5.88 Å². The van der Waals surface area contributed by atoms with Crippen LogP contribution in [0, 0.1) is 11.8 Å². The van der Waals surface area contributed by atoms with E-state index in [4.69, 9.17) is 11.6 Å². The van der Waals surface area contributed by atoms with Crippen molar-refractivity contribution < 1.29 is 0 Å². The van der Waals surface area contributed by atoms with Gasteiger partial charge in [0.15, 0.2) is 0 Å². The lowest BCUT2D eigenvalue weighted by Crippen LogP contribution is -2.07. The van der Waals surface area contributed by atoms with Crippen LogP contribution in [0.25, 0.3) is 0 Å². The van der Waals surface area contributed by atoms with Gasteiger partial charge >= 0.3 is 0 Å². The molecule has 1 rings (SSSR count). The summed E-state index contributed by atoms with van der Waals surface area (Å²) in [4.78, 5) is 13.4. The molecule has 0 aliphatic rings. The van der Waals surface area contributed by atoms with Gasteiger partial charge in [-0.05, 0) is 12.1 Å². The Kier molecular flexibility index (Phi) is 2.76. The summed E-state index contributed by atoms with van der Waals surface area (Å²) in [6.45, 7) is 0. The molecule has 0 aliphatic carbocycles. The first-order chi connectivity index (χ1) is 5.34. The molecule has 1 aromatic heterocycles. The fourth-order valence-corrected chi connectivity index (χ4v) is 0.715. The predicted octanol–water partition coefficient (Wildman–Crippen LogP) is 0.965. The zero-order valence-corrected chi connectivity index (χ0v) is 6.48. The van der Waals surface area contributed by atoms with Crippen molar-refractivity contribution in [2.45, 2.75) is 0 Å². The Morgan fingerprint density at radius 1 is 1.64 bits per heavy atom. The SMILES string of the molecule is O=c1[nH]cccc1C#CCCl. The second-order valence-corrected chi connectivity index (χ2v) is 2.12. The van der Waals surface area contributed by atoms with Crippen LogP contribution in [0.3, 0.4) is 0 Å². The Balaban J connectivity index is 3.05. The normalized spacial score (nSPS) is 8.45. The van der Waals surface area contributed by atoms with E-state index in [0.29, 0.717) is 5.56 Å². The van der Waals surface area contributed by atoms with Gasteiger partial charge in [0.1, 0.15) is 0 Å². The summed E-state index contributed by atoms with van der Waals surface area (Å²) in [5.41, 5.74) is 0.276. The van der Waals surface area contributed by atoms with Gasteiger partial charge in [-0.1, -0.05) is 11.8 Å². The van der Waals surface area contributed by atoms with Crippen LogP contribution in [-0.4, -0.2) is 10.9 Å². The van der Waals surface area contributed by atoms with Crippen molar-refractivity contribution in [1.82, 2.24) is 4.98 Å². The van der Waals surface area contributed by atoms with Crippen molar-refractivity contribution in [2.24, 2.45) is 0 Å². The average Bonchev–Trinajstić information content (AvgIpc) is 2.03. The standard InChI is InChI=1S/C8H6ClNO/c9-5-1-3-7-4-2-6-10-8(7)11/h2,4,6H,5H2,(H,10,11). The van der Waals surface area contributed by atoms with Crippen LogP contribution in [0.15, 0.2) is 23.1 Å². The minimum absolute atomic E-state index is 0.176. The van der Waals surface area contributed by atoms with E-state index >= 15 is 0 Å². The molecule has 0 atom stereocenters. The monoisotopic (exact) mass is 167 g/mol. The van der Waals surface area contributed by atoms with Gasteiger partial charge in [-0.15, -0.1) is 11.6 Å². The molecule has 0 saturated heterocycles. The summed E-state index contributed by atoms with van der Waals surface area (Å²) in [5, 5.41) is 0. The third-order valence-corrected chi connectivity index (χ3v) is 1.24. The Morgan fingerprint density at radius 3 is 3.09 bits per heavy atom. The number of halogens is 1. The number of aromatic amines is 1. The molecular formula is C8H6ClNO. The lowest BCUT2D eigenvalue weighted by atomic mass is 10.3. The number of aromatic nitrogens is 1. The minimum atomic E-state index is -0.176. The van der Waals surface area contributed by atoms with Crippen LogP contribution in [-0.2, 0) is 0 Å². The molecule has 2 nitrogen and oxygen atoms in total.